The zero-order valence-corrected chi connectivity index (χ0v) is 14.0. The molecule has 1 aliphatic rings. The van der Waals surface area contributed by atoms with Gasteiger partial charge < -0.3 is 19.8 Å². The van der Waals surface area contributed by atoms with E-state index in [4.69, 9.17) is 4.74 Å². The van der Waals surface area contributed by atoms with Crippen molar-refractivity contribution >= 4 is 0 Å². The van der Waals surface area contributed by atoms with Crippen molar-refractivity contribution in [1.82, 2.24) is 4.90 Å². The molecule has 0 bridgehead atoms. The molecule has 0 aliphatic heterocycles. The van der Waals surface area contributed by atoms with Crippen molar-refractivity contribution in [1.29, 1.82) is 0 Å². The predicted octanol–water partition coefficient (Wildman–Crippen LogP) is 2.14. The Morgan fingerprint density at radius 1 is 1.36 bits per heavy atom. The van der Waals surface area contributed by atoms with Gasteiger partial charge in [-0.25, -0.2) is 0 Å². The summed E-state index contributed by atoms with van der Waals surface area (Å²) in [6.07, 6.45) is 2.83. The quantitative estimate of drug-likeness (QED) is 0.810. The first-order valence-electron chi connectivity index (χ1n) is 8.13. The highest BCUT2D eigenvalue weighted by Crippen LogP contribution is 2.32. The Labute approximate surface area is 133 Å². The summed E-state index contributed by atoms with van der Waals surface area (Å²) in [4.78, 5) is 1.93. The minimum atomic E-state index is -0.752. The second-order valence-electron chi connectivity index (χ2n) is 7.08. The van der Waals surface area contributed by atoms with E-state index in [2.05, 4.69) is 18.2 Å². The molecular formula is C18H29NO3. The number of ether oxygens (including phenoxy) is 1. The molecule has 0 spiro atoms. The molecule has 0 aromatic heterocycles. The van der Waals surface area contributed by atoms with Crippen LogP contribution in [0.2, 0.25) is 0 Å². The number of fused-ring (bicyclic) bond motifs is 1. The van der Waals surface area contributed by atoms with Gasteiger partial charge in [-0.15, -0.1) is 0 Å². The van der Waals surface area contributed by atoms with E-state index < -0.39 is 11.7 Å². The van der Waals surface area contributed by atoms with Gasteiger partial charge in [0.15, 0.2) is 0 Å². The maximum atomic E-state index is 10.1. The van der Waals surface area contributed by atoms with E-state index in [0.717, 1.165) is 19.3 Å². The molecule has 0 saturated carbocycles. The molecule has 0 amide bonds. The van der Waals surface area contributed by atoms with Crippen LogP contribution in [-0.4, -0.2) is 53.6 Å². The second-order valence-corrected chi connectivity index (χ2v) is 7.08. The van der Waals surface area contributed by atoms with Crippen molar-refractivity contribution in [3.8, 4) is 0 Å². The highest BCUT2D eigenvalue weighted by molar-refractivity contribution is 5.31. The number of likely N-dealkylation sites (N-methyl/N-ethyl adjacent to an activating group) is 1. The number of hydrogen-bond acceptors (Lipinski definition) is 4. The Morgan fingerprint density at radius 2 is 2.09 bits per heavy atom. The van der Waals surface area contributed by atoms with Gasteiger partial charge in [-0.3, -0.25) is 0 Å². The summed E-state index contributed by atoms with van der Waals surface area (Å²) in [6, 6.07) is 8.42. The molecule has 4 nitrogen and oxygen atoms in total. The molecule has 2 N–H and O–H groups in total. The van der Waals surface area contributed by atoms with Crippen molar-refractivity contribution in [3.63, 3.8) is 0 Å². The number of rotatable bonds is 7. The largest absolute Gasteiger partial charge is 0.389 e. The molecule has 2 unspecified atom stereocenters. The van der Waals surface area contributed by atoms with Crippen LogP contribution in [-0.2, 0) is 11.2 Å². The van der Waals surface area contributed by atoms with Crippen LogP contribution in [0.5, 0.6) is 0 Å². The van der Waals surface area contributed by atoms with Gasteiger partial charge in [-0.1, -0.05) is 24.3 Å². The first-order valence-corrected chi connectivity index (χ1v) is 8.13. The fourth-order valence-electron chi connectivity index (χ4n) is 3.25. The summed E-state index contributed by atoms with van der Waals surface area (Å²) in [6.45, 7) is 4.89. The number of benzene rings is 1. The monoisotopic (exact) mass is 307 g/mol. The van der Waals surface area contributed by atoms with Crippen molar-refractivity contribution in [2.45, 2.75) is 50.9 Å². The number of hydrogen-bond donors (Lipinski definition) is 2. The van der Waals surface area contributed by atoms with E-state index >= 15 is 0 Å². The van der Waals surface area contributed by atoms with E-state index in [1.807, 2.05) is 18.0 Å². The Kier molecular flexibility index (Phi) is 5.98. The first-order chi connectivity index (χ1) is 10.3. The van der Waals surface area contributed by atoms with Crippen molar-refractivity contribution in [2.75, 3.05) is 26.7 Å². The Hall–Kier alpha value is -0.940. The third-order valence-corrected chi connectivity index (χ3v) is 3.98. The second kappa shape index (κ2) is 7.55. The smallest absolute Gasteiger partial charge is 0.0900 e. The Balaban J connectivity index is 1.81. The third kappa shape index (κ3) is 5.36. The lowest BCUT2D eigenvalue weighted by Crippen LogP contribution is -2.41. The fourth-order valence-corrected chi connectivity index (χ4v) is 3.25. The molecule has 2 atom stereocenters. The van der Waals surface area contributed by atoms with E-state index in [9.17, 15) is 10.2 Å². The molecule has 0 saturated heterocycles. The summed E-state index contributed by atoms with van der Waals surface area (Å²) < 4.78 is 5.96. The maximum absolute atomic E-state index is 10.1. The molecule has 0 radical (unpaired) electrons. The number of nitrogens with zero attached hydrogens (tertiary/aromatic N) is 1. The molecule has 4 heteroatoms. The minimum Gasteiger partial charge on any atom is -0.389 e. The number of aliphatic hydroxyl groups excluding tert-OH is 1. The van der Waals surface area contributed by atoms with Gasteiger partial charge in [-0.2, -0.15) is 0 Å². The van der Waals surface area contributed by atoms with Crippen LogP contribution in [0.4, 0.5) is 0 Å². The Bertz CT molecular complexity index is 470. The van der Waals surface area contributed by atoms with E-state index in [1.54, 1.807) is 13.8 Å². The van der Waals surface area contributed by atoms with Crippen LogP contribution in [0.15, 0.2) is 24.3 Å². The average molecular weight is 307 g/mol. The van der Waals surface area contributed by atoms with Crippen molar-refractivity contribution < 1.29 is 14.9 Å². The molecule has 0 fully saturated rings. The number of aliphatic hydroxyl groups is 2. The zero-order chi connectivity index (χ0) is 16.2. The summed E-state index contributed by atoms with van der Waals surface area (Å²) in [5, 5.41) is 19.9. The molecule has 1 aliphatic carbocycles. The topological polar surface area (TPSA) is 52.9 Å². The lowest BCUT2D eigenvalue weighted by atomic mass is 9.89. The predicted molar refractivity (Wildman–Crippen MR) is 87.9 cm³/mol. The standard InChI is InChI=1S/C18H29NO3/c1-18(2,21)13-19(3)11-15(20)12-22-17-10-6-8-14-7-4-5-9-16(14)17/h4-5,7,9,15,17,20-21H,6,8,10-13H2,1-3H3. The first kappa shape index (κ1) is 17.4. The van der Waals surface area contributed by atoms with Crippen LogP contribution < -0.4 is 0 Å². The van der Waals surface area contributed by atoms with Gasteiger partial charge in [0, 0.05) is 13.1 Å². The Morgan fingerprint density at radius 3 is 2.82 bits per heavy atom. The van der Waals surface area contributed by atoms with Gasteiger partial charge in [0.05, 0.1) is 24.4 Å². The highest BCUT2D eigenvalue weighted by atomic mass is 16.5. The van der Waals surface area contributed by atoms with Gasteiger partial charge >= 0.3 is 0 Å². The van der Waals surface area contributed by atoms with Gasteiger partial charge in [0.25, 0.3) is 0 Å². The fraction of sp³-hybridized carbons (Fsp3) is 0.667. The molecule has 0 heterocycles. The van der Waals surface area contributed by atoms with Crippen LogP contribution in [0, 0.1) is 0 Å². The third-order valence-electron chi connectivity index (χ3n) is 3.98. The van der Waals surface area contributed by atoms with Crippen LogP contribution >= 0.6 is 0 Å². The lowest BCUT2D eigenvalue weighted by Gasteiger charge is -2.29. The van der Waals surface area contributed by atoms with Crippen LogP contribution in [0.25, 0.3) is 0 Å². The van der Waals surface area contributed by atoms with Gasteiger partial charge in [0.2, 0.25) is 0 Å². The summed E-state index contributed by atoms with van der Waals surface area (Å²) in [7, 11) is 1.90. The molecule has 124 valence electrons. The normalized spacial score (nSPS) is 20.0. The number of aryl methyl sites for hydroxylation is 1. The van der Waals surface area contributed by atoms with E-state index in [0.29, 0.717) is 19.7 Å². The van der Waals surface area contributed by atoms with Crippen molar-refractivity contribution in [2.24, 2.45) is 0 Å². The average Bonchev–Trinajstić information content (AvgIpc) is 2.43. The van der Waals surface area contributed by atoms with Gasteiger partial charge in [-0.05, 0) is 51.3 Å². The summed E-state index contributed by atoms with van der Waals surface area (Å²) in [5.41, 5.74) is 1.88. The maximum Gasteiger partial charge on any atom is 0.0900 e. The summed E-state index contributed by atoms with van der Waals surface area (Å²) in [5.74, 6) is 0. The minimum absolute atomic E-state index is 0.0965. The lowest BCUT2D eigenvalue weighted by molar-refractivity contribution is -0.0339. The van der Waals surface area contributed by atoms with Crippen LogP contribution in [0.3, 0.4) is 0 Å². The van der Waals surface area contributed by atoms with Crippen molar-refractivity contribution in [3.05, 3.63) is 35.4 Å². The molecule has 1 aromatic carbocycles. The molecular weight excluding hydrogens is 278 g/mol. The van der Waals surface area contributed by atoms with E-state index in [1.165, 1.54) is 11.1 Å². The van der Waals surface area contributed by atoms with Gasteiger partial charge in [0.1, 0.15) is 0 Å². The van der Waals surface area contributed by atoms with Crippen LogP contribution in [0.1, 0.15) is 43.9 Å². The molecule has 2 rings (SSSR count). The summed E-state index contributed by atoms with van der Waals surface area (Å²) >= 11 is 0. The molecule has 1 aromatic rings. The van der Waals surface area contributed by atoms with E-state index in [-0.39, 0.29) is 6.10 Å². The highest BCUT2D eigenvalue weighted by Gasteiger charge is 2.22. The zero-order valence-electron chi connectivity index (χ0n) is 14.0. The molecule has 22 heavy (non-hydrogen) atoms. The SMILES string of the molecule is CN(CC(O)COC1CCCc2ccccc21)CC(C)(C)O.